The van der Waals surface area contributed by atoms with Crippen LogP contribution in [-0.2, 0) is 13.1 Å². The molecule has 360 valence electrons. The highest BCUT2D eigenvalue weighted by Crippen LogP contribution is 2.38. The van der Waals surface area contributed by atoms with Crippen LogP contribution in [0.2, 0.25) is 0 Å². The Morgan fingerprint density at radius 2 is 0.957 bits per heavy atom. The average Bonchev–Trinajstić information content (AvgIpc) is 4.16. The van der Waals surface area contributed by atoms with Gasteiger partial charge in [-0.05, 0) is 87.1 Å². The van der Waals surface area contributed by atoms with Crippen LogP contribution < -0.4 is 9.47 Å². The Hall–Kier alpha value is -7.90. The van der Waals surface area contributed by atoms with E-state index >= 15 is 8.78 Å². The van der Waals surface area contributed by atoms with Crippen molar-refractivity contribution in [2.24, 2.45) is 0 Å². The molecule has 0 unspecified atom stereocenters. The number of benzene rings is 4. The van der Waals surface area contributed by atoms with Crippen LogP contribution in [0.4, 0.5) is 35.1 Å². The van der Waals surface area contributed by atoms with Gasteiger partial charge in [0.1, 0.15) is 58.1 Å². The first-order chi connectivity index (χ1) is 33.7. The highest BCUT2D eigenvalue weighted by atomic mass is 19.2. The van der Waals surface area contributed by atoms with Gasteiger partial charge < -0.3 is 18.6 Å². The van der Waals surface area contributed by atoms with Crippen LogP contribution in [0, 0.1) is 48.8 Å². The number of halogens is 8. The highest BCUT2D eigenvalue weighted by molar-refractivity contribution is 5.76. The summed E-state index contributed by atoms with van der Waals surface area (Å²) in [5.41, 5.74) is 3.63. The molecule has 0 saturated carbocycles. The van der Waals surface area contributed by atoms with Crippen molar-refractivity contribution in [3.05, 3.63) is 178 Å². The van der Waals surface area contributed by atoms with Crippen molar-refractivity contribution in [2.45, 2.75) is 64.5 Å². The summed E-state index contributed by atoms with van der Waals surface area (Å²) in [4.78, 5) is 16.9. The Labute approximate surface area is 395 Å². The summed E-state index contributed by atoms with van der Waals surface area (Å²) < 4.78 is 132. The summed E-state index contributed by atoms with van der Waals surface area (Å²) in [6.07, 6.45) is 11.4. The molecular weight excluding hydrogens is 925 g/mol. The summed E-state index contributed by atoms with van der Waals surface area (Å²) in [6, 6.07) is 12.9. The van der Waals surface area contributed by atoms with Crippen LogP contribution >= 0.6 is 0 Å². The van der Waals surface area contributed by atoms with E-state index in [9.17, 15) is 26.3 Å². The van der Waals surface area contributed by atoms with Crippen LogP contribution in [0.5, 0.6) is 11.5 Å². The third-order valence-electron chi connectivity index (χ3n) is 11.9. The summed E-state index contributed by atoms with van der Waals surface area (Å²) in [5, 5.41) is 8.42. The van der Waals surface area contributed by atoms with Crippen molar-refractivity contribution in [3.63, 3.8) is 0 Å². The fraction of sp³-hybridized carbons (Fsp3) is 0.240. The largest absolute Gasteiger partial charge is 0.495 e. The van der Waals surface area contributed by atoms with Crippen LogP contribution in [0.25, 0.3) is 35.2 Å². The minimum absolute atomic E-state index is 0.192. The van der Waals surface area contributed by atoms with Gasteiger partial charge in [0.25, 0.3) is 0 Å². The van der Waals surface area contributed by atoms with Crippen molar-refractivity contribution >= 4 is 23.8 Å². The Morgan fingerprint density at radius 1 is 0.571 bits per heavy atom. The van der Waals surface area contributed by atoms with Crippen molar-refractivity contribution < 1.29 is 44.6 Å². The number of fused-ring (bicyclic) bond motifs is 2. The lowest BCUT2D eigenvalue weighted by Gasteiger charge is -2.23. The predicted molar refractivity (Wildman–Crippen MR) is 242 cm³/mol. The molecule has 0 N–H and O–H groups in total. The van der Waals surface area contributed by atoms with Gasteiger partial charge in [0.2, 0.25) is 11.6 Å². The van der Waals surface area contributed by atoms with Crippen molar-refractivity contribution in [1.82, 2.24) is 48.6 Å². The molecule has 0 aliphatic carbocycles. The molecule has 0 radical (unpaired) electrons. The van der Waals surface area contributed by atoms with E-state index in [-0.39, 0.29) is 34.4 Å². The summed E-state index contributed by atoms with van der Waals surface area (Å²) in [5.74, 6) is -7.87. The number of aromatic nitrogens is 10. The molecule has 20 heteroatoms. The third-order valence-corrected chi connectivity index (χ3v) is 11.9. The molecule has 0 saturated heterocycles. The fourth-order valence-corrected chi connectivity index (χ4v) is 8.75. The van der Waals surface area contributed by atoms with Crippen LogP contribution in [0.1, 0.15) is 94.5 Å². The zero-order valence-electron chi connectivity index (χ0n) is 37.9. The lowest BCUT2D eigenvalue weighted by Crippen LogP contribution is -2.20. The van der Waals surface area contributed by atoms with E-state index < -0.39 is 58.4 Å². The second kappa shape index (κ2) is 19.6. The fourth-order valence-electron chi connectivity index (χ4n) is 8.75. The summed E-state index contributed by atoms with van der Waals surface area (Å²) in [7, 11) is 3.04. The van der Waals surface area contributed by atoms with Gasteiger partial charge in [0, 0.05) is 72.7 Å². The van der Waals surface area contributed by atoms with Crippen molar-refractivity contribution in [2.75, 3.05) is 14.2 Å². The average molecular weight is 967 g/mol. The number of rotatable bonds is 10. The zero-order chi connectivity index (χ0) is 49.4. The normalized spacial score (nSPS) is 15.8. The molecule has 4 aromatic carbocycles. The topological polar surface area (TPSA) is 116 Å². The van der Waals surface area contributed by atoms with E-state index in [0.29, 0.717) is 85.7 Å². The quantitative estimate of drug-likeness (QED) is 0.124. The first-order valence-corrected chi connectivity index (χ1v) is 22.0. The maximum Gasteiger partial charge on any atom is 0.210 e. The molecule has 0 fully saturated rings. The van der Waals surface area contributed by atoms with Crippen molar-refractivity contribution in [1.29, 1.82) is 0 Å². The predicted octanol–water partition coefficient (Wildman–Crippen LogP) is 11.2. The third kappa shape index (κ3) is 9.57. The SMILES string of the molecule is COc1cc(/C=C(\F)c2nc3n(n2)CCC[C@@H]3c2c(F)cc(F)cc2F)ccc1-n1cnc(C)c1.COc1cc(/C=C(\F)c2nc3n(n2)CCC[C@H]3c2c(F)cc(F)cc2F)ccc1-n1cnc(C)c1. The second-order valence-corrected chi connectivity index (χ2v) is 16.7. The first-order valence-electron chi connectivity index (χ1n) is 22.0. The molecule has 0 spiro atoms. The lowest BCUT2D eigenvalue weighted by molar-refractivity contribution is 0.412. The minimum Gasteiger partial charge on any atom is -0.495 e. The maximum atomic E-state index is 15.2. The van der Waals surface area contributed by atoms with Gasteiger partial charge in [-0.25, -0.2) is 64.4 Å². The molecule has 4 aromatic heterocycles. The van der Waals surface area contributed by atoms with Crippen LogP contribution in [0.15, 0.2) is 85.7 Å². The van der Waals surface area contributed by atoms with Crippen LogP contribution in [0.3, 0.4) is 0 Å². The van der Waals surface area contributed by atoms with Gasteiger partial charge in [0.15, 0.2) is 11.7 Å². The number of ether oxygens (including phenoxy) is 2. The standard InChI is InChI=1S/2C25H21F4N5O/c2*1-14-12-33(13-30-14)21-6-5-15(9-22(21)35-2)8-20(29)24-31-25-17(4-3-7-34(25)32-24)23-18(27)10-16(26)11-19(23)28/h2*5-6,8-13,17H,3-4,7H2,1-2H3/b2*20-8-/t2*17-/m10/s1. The molecule has 12 nitrogen and oxygen atoms in total. The van der Waals surface area contributed by atoms with E-state index in [1.165, 1.54) is 35.7 Å². The van der Waals surface area contributed by atoms with Gasteiger partial charge in [0.05, 0.1) is 49.6 Å². The molecule has 8 aromatic rings. The lowest BCUT2D eigenvalue weighted by atomic mass is 9.90. The van der Waals surface area contributed by atoms with Gasteiger partial charge >= 0.3 is 0 Å². The van der Waals surface area contributed by atoms with E-state index in [1.807, 2.05) is 26.2 Å². The number of nitrogens with zero attached hydrogens (tertiary/aromatic N) is 10. The number of aryl methyl sites for hydroxylation is 4. The van der Waals surface area contributed by atoms with Gasteiger partial charge in [-0.1, -0.05) is 12.1 Å². The number of methoxy groups -OCH3 is 2. The molecule has 0 amide bonds. The Bertz CT molecular complexity index is 3050. The molecule has 10 rings (SSSR count). The van der Waals surface area contributed by atoms with E-state index in [0.717, 1.165) is 22.8 Å². The first kappa shape index (κ1) is 47.2. The Kier molecular flexibility index (Phi) is 13.2. The Balaban J connectivity index is 0.000000174. The number of imidazole rings is 2. The van der Waals surface area contributed by atoms with E-state index in [2.05, 4.69) is 30.1 Å². The molecule has 2 aliphatic heterocycles. The monoisotopic (exact) mass is 966 g/mol. The molecule has 2 atom stereocenters. The molecular formula is C50H42F8N10O2. The molecule has 2 aliphatic rings. The molecule has 6 heterocycles. The van der Waals surface area contributed by atoms with Crippen LogP contribution in [-0.4, -0.2) is 62.9 Å². The maximum absolute atomic E-state index is 15.2. The van der Waals surface area contributed by atoms with E-state index in [4.69, 9.17) is 9.47 Å². The minimum atomic E-state index is -1.000. The Morgan fingerprint density at radius 3 is 1.30 bits per heavy atom. The van der Waals surface area contributed by atoms with E-state index in [1.54, 1.807) is 58.2 Å². The van der Waals surface area contributed by atoms with Gasteiger partial charge in [-0.2, -0.15) is 0 Å². The highest BCUT2D eigenvalue weighted by Gasteiger charge is 2.33. The smallest absolute Gasteiger partial charge is 0.210 e. The summed E-state index contributed by atoms with van der Waals surface area (Å²) >= 11 is 0. The number of hydrogen-bond donors (Lipinski definition) is 0. The molecule has 70 heavy (non-hydrogen) atoms. The van der Waals surface area contributed by atoms with Crippen molar-refractivity contribution in [3.8, 4) is 22.9 Å². The van der Waals surface area contributed by atoms with Gasteiger partial charge in [-0.3, -0.25) is 0 Å². The second-order valence-electron chi connectivity index (χ2n) is 16.7. The number of hydrogen-bond acceptors (Lipinski definition) is 8. The zero-order valence-corrected chi connectivity index (χ0v) is 37.9. The summed E-state index contributed by atoms with van der Waals surface area (Å²) in [6.45, 7) is 4.61. The van der Waals surface area contributed by atoms with Gasteiger partial charge in [-0.15, -0.1) is 10.2 Å². The molecule has 0 bridgehead atoms.